The summed E-state index contributed by atoms with van der Waals surface area (Å²) in [5, 5.41) is 5.36. The first-order valence-corrected chi connectivity index (χ1v) is 5.99. The van der Waals surface area contributed by atoms with Crippen LogP contribution in [0.5, 0.6) is 0 Å². The smallest absolute Gasteiger partial charge is 0.343 e. The third kappa shape index (κ3) is 3.42. The fourth-order valence-corrected chi connectivity index (χ4v) is 1.91. The number of urea groups is 1. The number of carbonyl (C=O) groups excluding carboxylic acids is 2. The van der Waals surface area contributed by atoms with Crippen molar-refractivity contribution in [3.8, 4) is 0 Å². The van der Waals surface area contributed by atoms with Crippen molar-refractivity contribution in [3.63, 3.8) is 0 Å². The summed E-state index contributed by atoms with van der Waals surface area (Å²) in [5.41, 5.74) is 0.884. The fraction of sp³-hybridized carbons (Fsp3) is 0.500. The number of ether oxygens (including phenoxy) is 1. The molecule has 0 saturated heterocycles. The van der Waals surface area contributed by atoms with E-state index in [1.165, 1.54) is 7.05 Å². The molecule has 6 nitrogen and oxygen atoms in total. The molecule has 1 rings (SSSR count). The van der Waals surface area contributed by atoms with Crippen molar-refractivity contribution in [3.05, 3.63) is 11.3 Å². The molecular formula is C10H15N3O3S. The van der Waals surface area contributed by atoms with Crippen LogP contribution in [0.15, 0.2) is 0 Å². The molecule has 0 aliphatic carbocycles. The van der Waals surface area contributed by atoms with Crippen LogP contribution in [0.2, 0.25) is 0 Å². The van der Waals surface area contributed by atoms with Crippen LogP contribution in [0.4, 0.5) is 9.80 Å². The summed E-state index contributed by atoms with van der Waals surface area (Å²) in [5.74, 6) is -0.454. The first-order chi connectivity index (χ1) is 8.10. The van der Waals surface area contributed by atoms with Crippen LogP contribution in [0.1, 0.15) is 29.4 Å². The molecular weight excluding hydrogens is 242 g/mol. The maximum Gasteiger partial charge on any atom is 0.343 e. The first-order valence-electron chi connectivity index (χ1n) is 5.22. The van der Waals surface area contributed by atoms with Gasteiger partial charge in [-0.05, 0) is 24.9 Å². The molecule has 1 heterocycles. The molecule has 0 aliphatic rings. The molecule has 0 fully saturated rings. The second kappa shape index (κ2) is 6.19. The third-order valence-corrected chi connectivity index (χ3v) is 2.81. The predicted octanol–water partition coefficient (Wildman–Crippen LogP) is 1.77. The number of nitrogens with one attached hydrogen (secondary N) is 2. The van der Waals surface area contributed by atoms with Crippen molar-refractivity contribution < 1.29 is 14.3 Å². The standard InChI is InChI=1S/C10H15N3O3S/c1-4-5-16-9(14)7-6(2)13-17-8(7)12-10(15)11-3/h4-5H2,1-3H3,(H2,11,12,15). The molecule has 0 radical (unpaired) electrons. The lowest BCUT2D eigenvalue weighted by atomic mass is 10.2. The number of hydrogen-bond donors (Lipinski definition) is 2. The van der Waals surface area contributed by atoms with E-state index >= 15 is 0 Å². The molecule has 0 saturated carbocycles. The van der Waals surface area contributed by atoms with Crippen LogP contribution < -0.4 is 10.6 Å². The number of aromatic nitrogens is 1. The lowest BCUT2D eigenvalue weighted by Crippen LogP contribution is -2.25. The van der Waals surface area contributed by atoms with E-state index in [-0.39, 0.29) is 0 Å². The van der Waals surface area contributed by atoms with E-state index in [4.69, 9.17) is 4.74 Å². The Morgan fingerprint density at radius 3 is 2.76 bits per heavy atom. The van der Waals surface area contributed by atoms with Gasteiger partial charge in [-0.15, -0.1) is 0 Å². The number of carbonyl (C=O) groups is 2. The molecule has 94 valence electrons. The Labute approximate surface area is 104 Å². The lowest BCUT2D eigenvalue weighted by molar-refractivity contribution is 0.0505. The molecule has 2 amide bonds. The molecule has 1 aromatic heterocycles. The number of amides is 2. The Kier molecular flexibility index (Phi) is 4.89. The molecule has 17 heavy (non-hydrogen) atoms. The van der Waals surface area contributed by atoms with Crippen LogP contribution in [0, 0.1) is 6.92 Å². The van der Waals surface area contributed by atoms with E-state index in [0.29, 0.717) is 22.9 Å². The highest BCUT2D eigenvalue weighted by molar-refractivity contribution is 7.11. The fourth-order valence-electron chi connectivity index (χ4n) is 1.13. The first kappa shape index (κ1) is 13.4. The maximum atomic E-state index is 11.7. The summed E-state index contributed by atoms with van der Waals surface area (Å²) in [7, 11) is 1.50. The molecule has 7 heteroatoms. The predicted molar refractivity (Wildman–Crippen MR) is 65.5 cm³/mol. The second-order valence-electron chi connectivity index (χ2n) is 3.31. The number of aryl methyl sites for hydroxylation is 1. The van der Waals surface area contributed by atoms with Gasteiger partial charge in [0.15, 0.2) is 0 Å². The summed E-state index contributed by atoms with van der Waals surface area (Å²) in [6, 6.07) is -0.391. The van der Waals surface area contributed by atoms with E-state index < -0.39 is 12.0 Å². The number of nitrogens with zero attached hydrogens (tertiary/aromatic N) is 1. The SMILES string of the molecule is CCCOC(=O)c1c(C)nsc1NC(=O)NC. The molecule has 2 N–H and O–H groups in total. The molecule has 0 bridgehead atoms. The van der Waals surface area contributed by atoms with Crippen LogP contribution in [0.25, 0.3) is 0 Å². The minimum atomic E-state index is -0.454. The van der Waals surface area contributed by atoms with Crippen molar-refractivity contribution in [2.75, 3.05) is 19.0 Å². The molecule has 0 aromatic carbocycles. The Morgan fingerprint density at radius 2 is 2.18 bits per heavy atom. The number of hydrogen-bond acceptors (Lipinski definition) is 5. The zero-order valence-corrected chi connectivity index (χ0v) is 10.8. The Morgan fingerprint density at radius 1 is 1.47 bits per heavy atom. The average molecular weight is 257 g/mol. The second-order valence-corrected chi connectivity index (χ2v) is 4.09. The van der Waals surface area contributed by atoms with E-state index in [0.717, 1.165) is 18.0 Å². The lowest BCUT2D eigenvalue weighted by Gasteiger charge is -2.05. The van der Waals surface area contributed by atoms with Crippen molar-refractivity contribution >= 4 is 28.5 Å². The molecule has 0 unspecified atom stereocenters. The molecule has 0 spiro atoms. The Hall–Kier alpha value is -1.63. The topological polar surface area (TPSA) is 80.3 Å². The number of anilines is 1. The minimum absolute atomic E-state index is 0.326. The summed E-state index contributed by atoms with van der Waals surface area (Å²) in [4.78, 5) is 22.9. The van der Waals surface area contributed by atoms with Gasteiger partial charge in [0.05, 0.1) is 12.3 Å². The van der Waals surface area contributed by atoms with Crippen LogP contribution in [0.3, 0.4) is 0 Å². The maximum absolute atomic E-state index is 11.7. The summed E-state index contributed by atoms with van der Waals surface area (Å²) < 4.78 is 9.06. The van der Waals surface area contributed by atoms with Gasteiger partial charge in [-0.2, -0.15) is 4.37 Å². The van der Waals surface area contributed by atoms with Gasteiger partial charge in [-0.25, -0.2) is 9.59 Å². The van der Waals surface area contributed by atoms with Gasteiger partial charge >= 0.3 is 12.0 Å². The van der Waals surface area contributed by atoms with Crippen molar-refractivity contribution in [1.29, 1.82) is 0 Å². The highest BCUT2D eigenvalue weighted by atomic mass is 32.1. The van der Waals surface area contributed by atoms with Crippen LogP contribution in [-0.2, 0) is 4.74 Å². The van der Waals surface area contributed by atoms with Gasteiger partial charge in [0.25, 0.3) is 0 Å². The molecule has 0 atom stereocenters. The van der Waals surface area contributed by atoms with Gasteiger partial charge in [-0.3, -0.25) is 5.32 Å². The van der Waals surface area contributed by atoms with Gasteiger partial charge in [0, 0.05) is 7.05 Å². The van der Waals surface area contributed by atoms with E-state index in [2.05, 4.69) is 15.0 Å². The summed E-state index contributed by atoms with van der Waals surface area (Å²) in [6.07, 6.45) is 0.751. The number of rotatable bonds is 4. The highest BCUT2D eigenvalue weighted by Gasteiger charge is 2.20. The molecule has 0 aliphatic heterocycles. The van der Waals surface area contributed by atoms with Crippen LogP contribution >= 0.6 is 11.5 Å². The largest absolute Gasteiger partial charge is 0.462 e. The Bertz CT molecular complexity index is 417. The zero-order valence-electron chi connectivity index (χ0n) is 9.99. The van der Waals surface area contributed by atoms with Gasteiger partial charge in [-0.1, -0.05) is 6.92 Å². The summed E-state index contributed by atoms with van der Waals surface area (Å²) >= 11 is 1.06. The molecule has 1 aromatic rings. The van der Waals surface area contributed by atoms with E-state index in [9.17, 15) is 9.59 Å². The number of esters is 1. The van der Waals surface area contributed by atoms with E-state index in [1.807, 2.05) is 6.92 Å². The summed E-state index contributed by atoms with van der Waals surface area (Å²) in [6.45, 7) is 3.97. The average Bonchev–Trinajstić information content (AvgIpc) is 2.67. The third-order valence-electron chi connectivity index (χ3n) is 1.96. The monoisotopic (exact) mass is 257 g/mol. The van der Waals surface area contributed by atoms with Gasteiger partial charge in [0.2, 0.25) is 0 Å². The normalized spacial score (nSPS) is 9.82. The minimum Gasteiger partial charge on any atom is -0.462 e. The zero-order chi connectivity index (χ0) is 12.8. The van der Waals surface area contributed by atoms with Gasteiger partial charge in [0.1, 0.15) is 10.6 Å². The van der Waals surface area contributed by atoms with Crippen molar-refractivity contribution in [1.82, 2.24) is 9.69 Å². The van der Waals surface area contributed by atoms with Crippen molar-refractivity contribution in [2.24, 2.45) is 0 Å². The van der Waals surface area contributed by atoms with Crippen molar-refractivity contribution in [2.45, 2.75) is 20.3 Å². The Balaban J connectivity index is 2.86. The van der Waals surface area contributed by atoms with E-state index in [1.54, 1.807) is 6.92 Å². The highest BCUT2D eigenvalue weighted by Crippen LogP contribution is 2.25. The van der Waals surface area contributed by atoms with Gasteiger partial charge < -0.3 is 10.1 Å². The van der Waals surface area contributed by atoms with Crippen LogP contribution in [-0.4, -0.2) is 30.0 Å². The quantitative estimate of drug-likeness (QED) is 0.805.